The Morgan fingerprint density at radius 1 is 0.857 bits per heavy atom. The molecule has 35 heavy (non-hydrogen) atoms. The summed E-state index contributed by atoms with van der Waals surface area (Å²) in [7, 11) is -6.38. The fourth-order valence-electron chi connectivity index (χ4n) is 9.46. The molecule has 6 bridgehead atoms. The Labute approximate surface area is 198 Å². The highest BCUT2D eigenvalue weighted by molar-refractivity contribution is 7.87. The van der Waals surface area contributed by atoms with Gasteiger partial charge in [0.05, 0.1) is 17.9 Å². The first-order chi connectivity index (χ1) is 16.3. The summed E-state index contributed by atoms with van der Waals surface area (Å²) in [5, 5.41) is 4.39. The largest absolute Gasteiger partial charge is 0.433 e. The van der Waals surface area contributed by atoms with Crippen LogP contribution in [0.2, 0.25) is 0 Å². The second-order valence-corrected chi connectivity index (χ2v) is 13.3. The third-order valence-corrected chi connectivity index (χ3v) is 11.8. The van der Waals surface area contributed by atoms with E-state index in [1.165, 1.54) is 0 Å². The number of aliphatic hydroxyl groups excluding tert-OH is 1. The monoisotopic (exact) mass is 519 g/mol. The van der Waals surface area contributed by atoms with E-state index in [-0.39, 0.29) is 52.9 Å². The third kappa shape index (κ3) is 2.56. The van der Waals surface area contributed by atoms with Crippen LogP contribution in [-0.4, -0.2) is 47.7 Å². The van der Waals surface area contributed by atoms with Crippen LogP contribution in [0.1, 0.15) is 32.1 Å². The molecule has 6 fully saturated rings. The molecule has 6 aliphatic carbocycles. The predicted octanol–water partition coefficient (Wildman–Crippen LogP) is 2.57. The number of aliphatic hydroxyl groups is 1. The van der Waals surface area contributed by atoms with E-state index >= 15 is 17.6 Å². The van der Waals surface area contributed by atoms with E-state index in [9.17, 15) is 23.1 Å². The average molecular weight is 520 g/mol. The van der Waals surface area contributed by atoms with Gasteiger partial charge in [0.25, 0.3) is 11.8 Å². The fourth-order valence-corrected chi connectivity index (χ4v) is 10.4. The Balaban J connectivity index is 1.14. The van der Waals surface area contributed by atoms with Crippen molar-refractivity contribution in [2.24, 2.45) is 65.1 Å². The summed E-state index contributed by atoms with van der Waals surface area (Å²) in [5.41, 5.74) is 0. The maximum atomic E-state index is 15.4. The Kier molecular flexibility index (Phi) is 4.31. The fraction of sp³-hybridized carbons (Fsp3) is 0.826. The molecule has 192 valence electrons. The Hall–Kier alpha value is -1.53. The summed E-state index contributed by atoms with van der Waals surface area (Å²) in [4.78, 5) is 25.3. The number of hydrogen-bond acceptors (Lipinski definition) is 6. The molecule has 0 radical (unpaired) electrons. The number of nitrogens with zero attached hydrogens (tertiary/aromatic N) is 1. The van der Waals surface area contributed by atoms with Crippen LogP contribution < -0.4 is 0 Å². The lowest BCUT2D eigenvalue weighted by Crippen LogP contribution is -2.56. The van der Waals surface area contributed by atoms with Gasteiger partial charge < -0.3 is 5.11 Å². The number of carbonyl (C=O) groups is 2. The second kappa shape index (κ2) is 6.66. The van der Waals surface area contributed by atoms with Crippen molar-refractivity contribution in [1.82, 2.24) is 5.06 Å². The number of fused-ring (bicyclic) bond motifs is 14. The van der Waals surface area contributed by atoms with Crippen molar-refractivity contribution in [3.63, 3.8) is 0 Å². The molecule has 0 aromatic carbocycles. The molecule has 12 unspecified atom stereocenters. The number of carbonyl (C=O) groups excluding carboxylic acids is 2. The van der Waals surface area contributed by atoms with Gasteiger partial charge >= 0.3 is 21.3 Å². The smallest absolute Gasteiger partial charge is 0.393 e. The van der Waals surface area contributed by atoms with Crippen LogP contribution in [0.4, 0.5) is 17.6 Å². The number of imide groups is 1. The first-order valence-electron chi connectivity index (χ1n) is 12.3. The van der Waals surface area contributed by atoms with E-state index in [0.717, 1.165) is 0 Å². The lowest BCUT2D eigenvalue weighted by Gasteiger charge is -2.43. The summed E-state index contributed by atoms with van der Waals surface area (Å²) in [5.74, 6) is -12.8. The van der Waals surface area contributed by atoms with Crippen molar-refractivity contribution in [2.45, 2.75) is 49.4 Å². The number of amides is 2. The molecule has 7 aliphatic rings. The van der Waals surface area contributed by atoms with Crippen molar-refractivity contribution in [2.75, 3.05) is 0 Å². The number of halogens is 4. The zero-order valence-electron chi connectivity index (χ0n) is 18.5. The molecule has 0 spiro atoms. The standard InChI is InChI=1S/C23H25F4NO6S/c24-22(25,14-6-10-4-12(14)19-13-5-11(16(10)19)7-15(13)29)23(26,27)35(32,33)34-28-20(30)17-8-1-2-9(3-8)18(17)21(28)31/h1-2,8-19,29H,3-7H2. The summed E-state index contributed by atoms with van der Waals surface area (Å²) in [6.45, 7) is 0. The van der Waals surface area contributed by atoms with Crippen LogP contribution in [0.3, 0.4) is 0 Å². The van der Waals surface area contributed by atoms with Gasteiger partial charge in [-0.3, -0.25) is 9.59 Å². The normalized spacial score (nSPS) is 49.6. The molecule has 1 saturated heterocycles. The van der Waals surface area contributed by atoms with Gasteiger partial charge in [-0.1, -0.05) is 12.2 Å². The molecular formula is C23H25F4NO6S. The highest BCUT2D eigenvalue weighted by atomic mass is 32.2. The summed E-state index contributed by atoms with van der Waals surface area (Å²) < 4.78 is 90.5. The van der Waals surface area contributed by atoms with Crippen LogP contribution in [0.5, 0.6) is 0 Å². The Morgan fingerprint density at radius 2 is 1.43 bits per heavy atom. The quantitative estimate of drug-likeness (QED) is 0.259. The number of hydroxylamine groups is 2. The molecule has 12 atom stereocenters. The lowest BCUT2D eigenvalue weighted by molar-refractivity contribution is -0.216. The number of hydrogen-bond donors (Lipinski definition) is 1. The van der Waals surface area contributed by atoms with E-state index in [4.69, 9.17) is 0 Å². The zero-order chi connectivity index (χ0) is 24.8. The van der Waals surface area contributed by atoms with Gasteiger partial charge in [0.2, 0.25) is 0 Å². The second-order valence-electron chi connectivity index (χ2n) is 11.8. The van der Waals surface area contributed by atoms with Crippen LogP contribution in [0.15, 0.2) is 12.2 Å². The van der Waals surface area contributed by atoms with Gasteiger partial charge in [-0.2, -0.15) is 26.0 Å². The van der Waals surface area contributed by atoms with Gasteiger partial charge in [0, 0.05) is 5.92 Å². The van der Waals surface area contributed by atoms with E-state index in [1.54, 1.807) is 12.2 Å². The molecule has 0 aromatic heterocycles. The van der Waals surface area contributed by atoms with Gasteiger partial charge in [-0.25, -0.2) is 0 Å². The minimum Gasteiger partial charge on any atom is -0.393 e. The topological polar surface area (TPSA) is 101 Å². The maximum absolute atomic E-state index is 15.4. The SMILES string of the molecule is O=C1C2C3C=CC(C3)C2C(=O)N1OS(=O)(=O)C(F)(F)C(F)(F)C1CC2CC1C1C3CC(CC3O)C21. The average Bonchev–Trinajstić information content (AvgIpc) is 3.61. The minimum absolute atomic E-state index is 0.116. The van der Waals surface area contributed by atoms with E-state index in [0.29, 0.717) is 25.7 Å². The van der Waals surface area contributed by atoms with Gasteiger partial charge in [-0.05, 0) is 79.4 Å². The number of alkyl halides is 4. The summed E-state index contributed by atoms with van der Waals surface area (Å²) >= 11 is 0. The van der Waals surface area contributed by atoms with Gasteiger partial charge in [-0.15, -0.1) is 9.35 Å². The molecule has 7 rings (SSSR count). The molecule has 1 aliphatic heterocycles. The molecule has 1 N–H and O–H groups in total. The first kappa shape index (κ1) is 22.7. The van der Waals surface area contributed by atoms with Crippen LogP contribution >= 0.6 is 0 Å². The molecule has 7 nitrogen and oxygen atoms in total. The van der Waals surface area contributed by atoms with Gasteiger partial charge in [0.15, 0.2) is 0 Å². The van der Waals surface area contributed by atoms with Crippen LogP contribution in [0.25, 0.3) is 0 Å². The third-order valence-electron chi connectivity index (χ3n) is 10.6. The molecule has 1 heterocycles. The maximum Gasteiger partial charge on any atom is 0.433 e. The highest BCUT2D eigenvalue weighted by Gasteiger charge is 2.77. The highest BCUT2D eigenvalue weighted by Crippen LogP contribution is 2.71. The predicted molar refractivity (Wildman–Crippen MR) is 108 cm³/mol. The number of rotatable bonds is 5. The molecule has 0 aromatic rings. The van der Waals surface area contributed by atoms with E-state index < -0.39 is 62.9 Å². The zero-order valence-corrected chi connectivity index (χ0v) is 19.3. The van der Waals surface area contributed by atoms with E-state index in [2.05, 4.69) is 4.28 Å². The van der Waals surface area contributed by atoms with Crippen molar-refractivity contribution < 1.29 is 45.0 Å². The van der Waals surface area contributed by atoms with Crippen molar-refractivity contribution in [1.29, 1.82) is 0 Å². The van der Waals surface area contributed by atoms with Gasteiger partial charge in [0.1, 0.15) is 0 Å². The molecular weight excluding hydrogens is 494 g/mol. The Morgan fingerprint density at radius 3 is 2.06 bits per heavy atom. The summed E-state index contributed by atoms with van der Waals surface area (Å²) in [6, 6.07) is 0. The van der Waals surface area contributed by atoms with Crippen molar-refractivity contribution >= 4 is 21.9 Å². The van der Waals surface area contributed by atoms with Crippen LogP contribution in [-0.2, 0) is 24.0 Å². The first-order valence-corrected chi connectivity index (χ1v) is 13.7. The molecule has 2 amide bonds. The summed E-state index contributed by atoms with van der Waals surface area (Å²) in [6.07, 6.45) is 4.70. The minimum atomic E-state index is -6.38. The lowest BCUT2D eigenvalue weighted by atomic mass is 9.65. The van der Waals surface area contributed by atoms with E-state index in [1.807, 2.05) is 0 Å². The molecule has 12 heteroatoms. The van der Waals surface area contributed by atoms with Crippen molar-refractivity contribution in [3.8, 4) is 0 Å². The number of allylic oxidation sites excluding steroid dienone is 2. The Bertz CT molecular complexity index is 1130. The molecule has 5 saturated carbocycles. The van der Waals surface area contributed by atoms with Crippen LogP contribution in [0, 0.1) is 65.1 Å². The van der Waals surface area contributed by atoms with Crippen molar-refractivity contribution in [3.05, 3.63) is 12.2 Å².